The van der Waals surface area contributed by atoms with Crippen molar-refractivity contribution in [1.82, 2.24) is 0 Å². The van der Waals surface area contributed by atoms with Crippen LogP contribution in [0, 0.1) is 0 Å². The third kappa shape index (κ3) is 3.31. The van der Waals surface area contributed by atoms with Crippen LogP contribution >= 0.6 is 0 Å². The molecule has 1 aliphatic rings. The third-order valence-electron chi connectivity index (χ3n) is 0.425. The number of hydrogen-bond acceptors (Lipinski definition) is 2. The van der Waals surface area contributed by atoms with Gasteiger partial charge < -0.3 is 9.47 Å². The fourth-order valence-corrected chi connectivity index (χ4v) is 0.219. The van der Waals surface area contributed by atoms with E-state index in [0.29, 0.717) is 0 Å². The summed E-state index contributed by atoms with van der Waals surface area (Å²) >= 11 is 0. The summed E-state index contributed by atoms with van der Waals surface area (Å²) in [7, 11) is 0. The number of rotatable bonds is 0. The average molecular weight is 124 g/mol. The van der Waals surface area contributed by atoms with E-state index in [1.54, 1.807) is 0 Å². The SMILES string of the molecule is C1=COC=CO1.[KH]. The molecule has 3 heteroatoms. The van der Waals surface area contributed by atoms with Crippen molar-refractivity contribution in [2.24, 2.45) is 0 Å². The molecule has 0 aromatic heterocycles. The van der Waals surface area contributed by atoms with Crippen molar-refractivity contribution in [1.29, 1.82) is 0 Å². The summed E-state index contributed by atoms with van der Waals surface area (Å²) in [6, 6.07) is 0. The third-order valence-corrected chi connectivity index (χ3v) is 0.425. The van der Waals surface area contributed by atoms with Gasteiger partial charge in [-0.25, -0.2) is 0 Å². The molecule has 0 saturated carbocycles. The van der Waals surface area contributed by atoms with Crippen LogP contribution in [0.15, 0.2) is 25.0 Å². The summed E-state index contributed by atoms with van der Waals surface area (Å²) < 4.78 is 9.17. The van der Waals surface area contributed by atoms with Crippen molar-refractivity contribution >= 4 is 51.4 Å². The second-order valence-corrected chi connectivity index (χ2v) is 0.816. The van der Waals surface area contributed by atoms with Gasteiger partial charge in [0.1, 0.15) is 25.0 Å². The molecule has 34 valence electrons. The molecular weight excluding hydrogens is 119 g/mol. The van der Waals surface area contributed by atoms with Crippen molar-refractivity contribution in [2.45, 2.75) is 0 Å². The molecule has 2 nitrogen and oxygen atoms in total. The zero-order valence-electron chi connectivity index (χ0n) is 3.13. The first-order valence-electron chi connectivity index (χ1n) is 1.61. The first-order chi connectivity index (χ1) is 3.00. The van der Waals surface area contributed by atoms with Crippen LogP contribution in [0.4, 0.5) is 0 Å². The summed E-state index contributed by atoms with van der Waals surface area (Å²) in [6.07, 6.45) is 5.83. The second-order valence-electron chi connectivity index (χ2n) is 0.816. The van der Waals surface area contributed by atoms with Crippen LogP contribution in [0.2, 0.25) is 0 Å². The van der Waals surface area contributed by atoms with Gasteiger partial charge in [0.25, 0.3) is 0 Å². The van der Waals surface area contributed by atoms with Gasteiger partial charge in [-0.3, -0.25) is 0 Å². The van der Waals surface area contributed by atoms with Gasteiger partial charge in [0.05, 0.1) is 0 Å². The van der Waals surface area contributed by atoms with Crippen molar-refractivity contribution in [2.75, 3.05) is 0 Å². The van der Waals surface area contributed by atoms with Crippen LogP contribution in [0.25, 0.3) is 0 Å². The summed E-state index contributed by atoms with van der Waals surface area (Å²) in [6.45, 7) is 0. The van der Waals surface area contributed by atoms with E-state index in [9.17, 15) is 0 Å². The molecule has 1 rings (SSSR count). The van der Waals surface area contributed by atoms with Crippen molar-refractivity contribution in [3.05, 3.63) is 25.0 Å². The maximum absolute atomic E-state index is 4.58. The Bertz CT molecular complexity index is 67.7. The van der Waals surface area contributed by atoms with Crippen molar-refractivity contribution < 1.29 is 9.47 Å². The van der Waals surface area contributed by atoms with E-state index in [4.69, 9.17) is 0 Å². The Morgan fingerprint density at radius 1 is 0.714 bits per heavy atom. The molecular formula is C4H5KO2. The molecule has 0 aliphatic carbocycles. The van der Waals surface area contributed by atoms with Crippen molar-refractivity contribution in [3.8, 4) is 0 Å². The topological polar surface area (TPSA) is 18.5 Å². The summed E-state index contributed by atoms with van der Waals surface area (Å²) in [5, 5.41) is 0. The van der Waals surface area contributed by atoms with Crippen LogP contribution in [0.1, 0.15) is 0 Å². The second kappa shape index (κ2) is 4.87. The molecule has 0 atom stereocenters. The van der Waals surface area contributed by atoms with E-state index in [0.717, 1.165) is 0 Å². The summed E-state index contributed by atoms with van der Waals surface area (Å²) in [4.78, 5) is 0. The van der Waals surface area contributed by atoms with E-state index in [1.165, 1.54) is 25.0 Å². The molecule has 0 unspecified atom stereocenters. The van der Waals surface area contributed by atoms with E-state index in [1.807, 2.05) is 0 Å². The van der Waals surface area contributed by atoms with Gasteiger partial charge >= 0.3 is 51.4 Å². The fourth-order valence-electron chi connectivity index (χ4n) is 0.219. The average Bonchev–Trinajstić information content (AvgIpc) is 1.72. The number of ether oxygens (including phenoxy) is 2. The predicted molar refractivity (Wildman–Crippen MR) is 27.6 cm³/mol. The molecule has 0 aromatic rings. The first-order valence-corrected chi connectivity index (χ1v) is 1.61. The molecule has 0 aromatic carbocycles. The van der Waals surface area contributed by atoms with Gasteiger partial charge in [0.15, 0.2) is 0 Å². The molecule has 0 amide bonds. The van der Waals surface area contributed by atoms with Crippen LogP contribution < -0.4 is 0 Å². The minimum absolute atomic E-state index is 0. The van der Waals surface area contributed by atoms with Gasteiger partial charge in [-0.15, -0.1) is 0 Å². The van der Waals surface area contributed by atoms with Gasteiger partial charge in [0, 0.05) is 0 Å². The zero-order chi connectivity index (χ0) is 4.24. The van der Waals surface area contributed by atoms with E-state index in [-0.39, 0.29) is 51.4 Å². The van der Waals surface area contributed by atoms with Crippen LogP contribution in [-0.4, -0.2) is 51.4 Å². The monoisotopic (exact) mass is 124 g/mol. The standard InChI is InChI=1S/C4H4O2.K.H/c1-2-6-4-3-5-1;;/h1-4H;;. The van der Waals surface area contributed by atoms with Crippen LogP contribution in [0.5, 0.6) is 0 Å². The molecule has 0 saturated heterocycles. The van der Waals surface area contributed by atoms with E-state index in [2.05, 4.69) is 9.47 Å². The molecule has 7 heavy (non-hydrogen) atoms. The molecule has 0 fully saturated rings. The minimum atomic E-state index is 0. The Balaban J connectivity index is 0.000000360. The summed E-state index contributed by atoms with van der Waals surface area (Å²) in [5.41, 5.74) is 0. The Morgan fingerprint density at radius 2 is 1.00 bits per heavy atom. The van der Waals surface area contributed by atoms with E-state index < -0.39 is 0 Å². The van der Waals surface area contributed by atoms with Gasteiger partial charge in [0.2, 0.25) is 0 Å². The normalized spacial score (nSPS) is 13.7. The predicted octanol–water partition coefficient (Wildman–Crippen LogP) is 0.327. The van der Waals surface area contributed by atoms with Crippen LogP contribution in [0.3, 0.4) is 0 Å². The Labute approximate surface area is 84.6 Å². The summed E-state index contributed by atoms with van der Waals surface area (Å²) in [5.74, 6) is 0. The first kappa shape index (κ1) is 7.72. The molecule has 0 spiro atoms. The van der Waals surface area contributed by atoms with E-state index >= 15 is 0 Å². The molecule has 0 bridgehead atoms. The Kier molecular flexibility index (Phi) is 5.36. The fraction of sp³-hybridized carbons (Fsp3) is 0. The number of hydrogen-bond donors (Lipinski definition) is 0. The quantitative estimate of drug-likeness (QED) is 0.433. The Hall–Kier alpha value is 0.716. The maximum atomic E-state index is 4.58. The molecule has 1 aliphatic heterocycles. The zero-order valence-corrected chi connectivity index (χ0v) is 3.13. The van der Waals surface area contributed by atoms with Gasteiger partial charge in [-0.1, -0.05) is 0 Å². The van der Waals surface area contributed by atoms with Crippen LogP contribution in [-0.2, 0) is 9.47 Å². The Morgan fingerprint density at radius 3 is 1.14 bits per heavy atom. The van der Waals surface area contributed by atoms with Gasteiger partial charge in [-0.2, -0.15) is 0 Å². The van der Waals surface area contributed by atoms with Crippen molar-refractivity contribution in [3.63, 3.8) is 0 Å². The molecule has 0 radical (unpaired) electrons. The van der Waals surface area contributed by atoms with Gasteiger partial charge in [-0.05, 0) is 0 Å². The molecule has 1 heterocycles. The molecule has 0 N–H and O–H groups in total.